The third-order valence-electron chi connectivity index (χ3n) is 4.39. The molecule has 4 nitrogen and oxygen atoms in total. The van der Waals surface area contributed by atoms with E-state index in [1.807, 2.05) is 24.3 Å². The fraction of sp³-hybridized carbons (Fsp3) is 0.0870. The second-order valence-electron chi connectivity index (χ2n) is 6.25. The molecule has 0 aliphatic carbocycles. The highest BCUT2D eigenvalue weighted by molar-refractivity contribution is 6.14. The predicted molar refractivity (Wildman–Crippen MR) is 103 cm³/mol. The molecule has 0 radical (unpaired) electrons. The van der Waals surface area contributed by atoms with Crippen LogP contribution in [0.4, 0.5) is 4.39 Å². The molecular weight excluding hydrogens is 359 g/mol. The van der Waals surface area contributed by atoms with Gasteiger partial charge in [0.05, 0.1) is 12.7 Å². The van der Waals surface area contributed by atoms with E-state index in [0.717, 1.165) is 5.56 Å². The van der Waals surface area contributed by atoms with Crippen LogP contribution in [-0.4, -0.2) is 12.9 Å². The number of rotatable bonds is 5. The van der Waals surface area contributed by atoms with Crippen molar-refractivity contribution in [1.82, 2.24) is 0 Å². The first-order valence-corrected chi connectivity index (χ1v) is 8.72. The van der Waals surface area contributed by atoms with Gasteiger partial charge in [0, 0.05) is 11.6 Å². The summed E-state index contributed by atoms with van der Waals surface area (Å²) in [4.78, 5) is 12.6. The van der Waals surface area contributed by atoms with Crippen LogP contribution in [0, 0.1) is 5.82 Å². The van der Waals surface area contributed by atoms with Gasteiger partial charge in [0.2, 0.25) is 5.78 Å². The maximum Gasteiger partial charge on any atom is 0.231 e. The Morgan fingerprint density at radius 2 is 1.86 bits per heavy atom. The molecule has 1 aliphatic heterocycles. The first-order chi connectivity index (χ1) is 13.6. The second kappa shape index (κ2) is 7.56. The Morgan fingerprint density at radius 3 is 2.68 bits per heavy atom. The topological polar surface area (TPSA) is 44.8 Å². The number of carbonyl (C=O) groups is 1. The SMILES string of the molecule is COc1cccc(/C=C2\Oc3cc(OCc4ccccc4F)ccc3C2=O)c1. The van der Waals surface area contributed by atoms with Gasteiger partial charge in [-0.15, -0.1) is 0 Å². The maximum absolute atomic E-state index is 13.7. The zero-order valence-electron chi connectivity index (χ0n) is 15.1. The van der Waals surface area contributed by atoms with Crippen LogP contribution in [-0.2, 0) is 6.61 Å². The lowest BCUT2D eigenvalue weighted by Gasteiger charge is -2.08. The van der Waals surface area contributed by atoms with E-state index in [9.17, 15) is 9.18 Å². The molecule has 0 atom stereocenters. The Balaban J connectivity index is 1.52. The van der Waals surface area contributed by atoms with Crippen LogP contribution in [0.15, 0.2) is 72.5 Å². The van der Waals surface area contributed by atoms with Crippen molar-refractivity contribution in [3.63, 3.8) is 0 Å². The standard InChI is InChI=1S/C23H17FO4/c1-26-17-7-4-5-15(11-17)12-22-23(25)19-10-9-18(13-21(19)28-22)27-14-16-6-2-3-8-20(16)24/h2-13H,14H2,1H3/b22-12-. The van der Waals surface area contributed by atoms with Gasteiger partial charge in [0.25, 0.3) is 0 Å². The number of fused-ring (bicyclic) bond motifs is 1. The molecule has 0 aromatic heterocycles. The molecular formula is C23H17FO4. The van der Waals surface area contributed by atoms with Crippen LogP contribution in [0.5, 0.6) is 17.2 Å². The molecule has 140 valence electrons. The molecule has 1 aliphatic rings. The Morgan fingerprint density at radius 1 is 1.00 bits per heavy atom. The maximum atomic E-state index is 13.7. The molecule has 3 aromatic carbocycles. The molecule has 1 heterocycles. The van der Waals surface area contributed by atoms with Crippen LogP contribution in [0.2, 0.25) is 0 Å². The van der Waals surface area contributed by atoms with Gasteiger partial charge >= 0.3 is 0 Å². The van der Waals surface area contributed by atoms with E-state index >= 15 is 0 Å². The fourth-order valence-electron chi connectivity index (χ4n) is 2.92. The highest BCUT2D eigenvalue weighted by atomic mass is 19.1. The van der Waals surface area contributed by atoms with Gasteiger partial charge in [-0.3, -0.25) is 4.79 Å². The smallest absolute Gasteiger partial charge is 0.231 e. The van der Waals surface area contributed by atoms with Crippen molar-refractivity contribution >= 4 is 11.9 Å². The number of carbonyl (C=O) groups excluding carboxylic acids is 1. The molecule has 0 saturated heterocycles. The van der Waals surface area contributed by atoms with E-state index in [4.69, 9.17) is 14.2 Å². The average Bonchev–Trinajstić information content (AvgIpc) is 3.02. The predicted octanol–water partition coefficient (Wildman–Crippen LogP) is 5.03. The zero-order chi connectivity index (χ0) is 19.5. The molecule has 28 heavy (non-hydrogen) atoms. The van der Waals surface area contributed by atoms with E-state index in [2.05, 4.69) is 0 Å². The number of methoxy groups -OCH3 is 1. The second-order valence-corrected chi connectivity index (χ2v) is 6.25. The number of benzene rings is 3. The summed E-state index contributed by atoms with van der Waals surface area (Å²) in [6.07, 6.45) is 1.67. The highest BCUT2D eigenvalue weighted by Gasteiger charge is 2.27. The molecule has 0 unspecified atom stereocenters. The fourth-order valence-corrected chi connectivity index (χ4v) is 2.92. The highest BCUT2D eigenvalue weighted by Crippen LogP contribution is 2.35. The van der Waals surface area contributed by atoms with Crippen molar-refractivity contribution in [2.45, 2.75) is 6.61 Å². The van der Waals surface area contributed by atoms with E-state index < -0.39 is 0 Å². The quantitative estimate of drug-likeness (QED) is 0.586. The summed E-state index contributed by atoms with van der Waals surface area (Å²) in [5.74, 6) is 1.33. The molecule has 0 N–H and O–H groups in total. The molecule has 0 bridgehead atoms. The van der Waals surface area contributed by atoms with Gasteiger partial charge in [-0.25, -0.2) is 4.39 Å². The summed E-state index contributed by atoms with van der Waals surface area (Å²) in [6.45, 7) is 0.0892. The summed E-state index contributed by atoms with van der Waals surface area (Å²) < 4.78 is 30.3. The number of ketones is 1. The zero-order valence-corrected chi connectivity index (χ0v) is 15.1. The van der Waals surface area contributed by atoms with Gasteiger partial charge in [0.15, 0.2) is 5.76 Å². The van der Waals surface area contributed by atoms with Crippen LogP contribution in [0.1, 0.15) is 21.5 Å². The van der Waals surface area contributed by atoms with Crippen molar-refractivity contribution in [3.8, 4) is 17.2 Å². The Kier molecular flexibility index (Phi) is 4.81. The van der Waals surface area contributed by atoms with Crippen molar-refractivity contribution in [3.05, 3.63) is 95.0 Å². The van der Waals surface area contributed by atoms with Crippen molar-refractivity contribution < 1.29 is 23.4 Å². The third-order valence-corrected chi connectivity index (χ3v) is 4.39. The molecule has 3 aromatic rings. The largest absolute Gasteiger partial charge is 0.497 e. The summed E-state index contributed by atoms with van der Waals surface area (Å²) in [7, 11) is 1.59. The van der Waals surface area contributed by atoms with Gasteiger partial charge in [-0.1, -0.05) is 30.3 Å². The van der Waals surface area contributed by atoms with E-state index in [-0.39, 0.29) is 24.0 Å². The minimum absolute atomic E-state index is 0.0892. The number of hydrogen-bond acceptors (Lipinski definition) is 4. The Bertz CT molecular complexity index is 1070. The Labute approximate surface area is 161 Å². The number of allylic oxidation sites excluding steroid dienone is 1. The van der Waals surface area contributed by atoms with Crippen LogP contribution in [0.25, 0.3) is 6.08 Å². The Hall–Kier alpha value is -3.60. The molecule has 0 saturated carbocycles. The summed E-state index contributed by atoms with van der Waals surface area (Å²) in [5.41, 5.74) is 1.72. The van der Waals surface area contributed by atoms with E-state index in [1.165, 1.54) is 6.07 Å². The van der Waals surface area contributed by atoms with Crippen molar-refractivity contribution in [2.24, 2.45) is 0 Å². The van der Waals surface area contributed by atoms with E-state index in [0.29, 0.717) is 28.4 Å². The molecule has 0 amide bonds. The number of ether oxygens (including phenoxy) is 3. The monoisotopic (exact) mass is 376 g/mol. The van der Waals surface area contributed by atoms with Crippen LogP contribution >= 0.6 is 0 Å². The number of hydrogen-bond donors (Lipinski definition) is 0. The third kappa shape index (κ3) is 3.60. The minimum Gasteiger partial charge on any atom is -0.497 e. The van der Waals surface area contributed by atoms with Crippen LogP contribution in [0.3, 0.4) is 0 Å². The van der Waals surface area contributed by atoms with Gasteiger partial charge in [-0.05, 0) is 42.0 Å². The average molecular weight is 376 g/mol. The first-order valence-electron chi connectivity index (χ1n) is 8.72. The molecule has 0 spiro atoms. The van der Waals surface area contributed by atoms with Crippen molar-refractivity contribution in [2.75, 3.05) is 7.11 Å². The van der Waals surface area contributed by atoms with Gasteiger partial charge < -0.3 is 14.2 Å². The summed E-state index contributed by atoms with van der Waals surface area (Å²) in [5, 5.41) is 0. The lowest BCUT2D eigenvalue weighted by atomic mass is 10.1. The first kappa shape index (κ1) is 17.8. The lowest BCUT2D eigenvalue weighted by molar-refractivity contribution is 0.101. The normalized spacial score (nSPS) is 13.9. The van der Waals surface area contributed by atoms with Crippen molar-refractivity contribution in [1.29, 1.82) is 0 Å². The molecule has 0 fully saturated rings. The number of halogens is 1. The molecule has 5 heteroatoms. The van der Waals surface area contributed by atoms with Gasteiger partial charge in [0.1, 0.15) is 29.7 Å². The number of Topliss-reactive ketones (excluding diaryl/α,β-unsaturated/α-hetero) is 1. The van der Waals surface area contributed by atoms with Crippen LogP contribution < -0.4 is 14.2 Å². The van der Waals surface area contributed by atoms with E-state index in [1.54, 1.807) is 49.6 Å². The van der Waals surface area contributed by atoms with Gasteiger partial charge in [-0.2, -0.15) is 0 Å². The lowest BCUT2D eigenvalue weighted by Crippen LogP contribution is -1.98. The minimum atomic E-state index is -0.321. The molecule has 4 rings (SSSR count). The summed E-state index contributed by atoms with van der Waals surface area (Å²) >= 11 is 0. The summed E-state index contributed by atoms with van der Waals surface area (Å²) in [6, 6.07) is 18.7.